The van der Waals surface area contributed by atoms with Gasteiger partial charge in [0.2, 0.25) is 5.91 Å². The van der Waals surface area contributed by atoms with Crippen molar-refractivity contribution in [2.45, 2.75) is 33.1 Å². The van der Waals surface area contributed by atoms with Crippen molar-refractivity contribution in [1.29, 1.82) is 0 Å². The Bertz CT molecular complexity index is 304. The summed E-state index contributed by atoms with van der Waals surface area (Å²) in [6.07, 6.45) is 2.03. The number of hydrogen-bond acceptors (Lipinski definition) is 2. The molecule has 0 aromatic carbocycles. The van der Waals surface area contributed by atoms with Crippen LogP contribution in [0.4, 0.5) is 0 Å². The number of unbranched alkanes of at least 4 members (excludes halogenated alkanes) is 1. The molecule has 0 saturated carbocycles. The molecule has 4 heteroatoms. The second-order valence-corrected chi connectivity index (χ2v) is 4.13. The van der Waals surface area contributed by atoms with E-state index in [0.717, 1.165) is 37.1 Å². The van der Waals surface area contributed by atoms with Crippen LogP contribution in [0.2, 0.25) is 0 Å². The Labute approximate surface area is 90.1 Å². The maximum Gasteiger partial charge on any atom is 0.251 e. The van der Waals surface area contributed by atoms with E-state index >= 15 is 0 Å². The van der Waals surface area contributed by atoms with Crippen molar-refractivity contribution in [2.75, 3.05) is 13.1 Å². The average molecular weight is 210 g/mol. The zero-order valence-corrected chi connectivity index (χ0v) is 9.38. The molecule has 0 aromatic heterocycles. The average Bonchev–Trinajstić information content (AvgIpc) is 2.13. The number of hydrogen-bond donors (Lipinski definition) is 1. The summed E-state index contributed by atoms with van der Waals surface area (Å²) in [5, 5.41) is 0. The van der Waals surface area contributed by atoms with Gasteiger partial charge in [-0.25, -0.2) is 0 Å². The third kappa shape index (κ3) is 3.08. The fourth-order valence-corrected chi connectivity index (χ4v) is 1.58. The Morgan fingerprint density at radius 1 is 1.40 bits per heavy atom. The zero-order chi connectivity index (χ0) is 11.4. The Morgan fingerprint density at radius 2 is 2.07 bits per heavy atom. The molecule has 15 heavy (non-hydrogen) atoms. The number of nitrogens with two attached hydrogens (primary N) is 1. The van der Waals surface area contributed by atoms with Gasteiger partial charge in [0.25, 0.3) is 5.91 Å². The molecule has 1 aliphatic rings. The van der Waals surface area contributed by atoms with E-state index in [2.05, 4.69) is 0 Å². The summed E-state index contributed by atoms with van der Waals surface area (Å²) in [5.41, 5.74) is 7.06. The second kappa shape index (κ2) is 4.96. The predicted molar refractivity (Wildman–Crippen MR) is 58.0 cm³/mol. The Hall–Kier alpha value is -1.32. The van der Waals surface area contributed by atoms with Crippen LogP contribution in [0.5, 0.6) is 0 Å². The van der Waals surface area contributed by atoms with E-state index in [-0.39, 0.29) is 11.8 Å². The number of likely N-dealkylation sites (tertiary alicyclic amines) is 1. The number of primary amides is 1. The lowest BCUT2D eigenvalue weighted by Crippen LogP contribution is -2.47. The van der Waals surface area contributed by atoms with E-state index in [0.29, 0.717) is 6.42 Å². The van der Waals surface area contributed by atoms with Crippen molar-refractivity contribution in [3.05, 3.63) is 11.1 Å². The minimum absolute atomic E-state index is 0.147. The smallest absolute Gasteiger partial charge is 0.251 e. The molecule has 84 valence electrons. The molecule has 1 aliphatic heterocycles. The van der Waals surface area contributed by atoms with Crippen LogP contribution in [0.1, 0.15) is 33.1 Å². The zero-order valence-electron chi connectivity index (χ0n) is 9.38. The highest BCUT2D eigenvalue weighted by molar-refractivity contribution is 6.00. The molecule has 0 aromatic rings. The molecule has 0 unspecified atom stereocenters. The Morgan fingerprint density at radius 3 is 2.53 bits per heavy atom. The standard InChI is InChI=1S/C11H18N2O2/c1-8(2)9-7-13(11(9)15)6-4-3-5-10(12)14/h3-7H2,1-2H3,(H2,12,14). The molecule has 1 heterocycles. The highest BCUT2D eigenvalue weighted by Crippen LogP contribution is 2.20. The van der Waals surface area contributed by atoms with Crippen molar-refractivity contribution >= 4 is 11.8 Å². The van der Waals surface area contributed by atoms with E-state index in [4.69, 9.17) is 5.73 Å². The Kier molecular flexibility index (Phi) is 3.88. The van der Waals surface area contributed by atoms with E-state index in [1.807, 2.05) is 18.7 Å². The number of carbonyl (C=O) groups is 2. The summed E-state index contributed by atoms with van der Waals surface area (Å²) >= 11 is 0. The largest absolute Gasteiger partial charge is 0.370 e. The van der Waals surface area contributed by atoms with Crippen molar-refractivity contribution in [3.63, 3.8) is 0 Å². The van der Waals surface area contributed by atoms with E-state index < -0.39 is 0 Å². The van der Waals surface area contributed by atoms with Crippen LogP contribution in [0.3, 0.4) is 0 Å². The van der Waals surface area contributed by atoms with Crippen molar-refractivity contribution < 1.29 is 9.59 Å². The first-order chi connectivity index (χ1) is 7.02. The molecule has 0 radical (unpaired) electrons. The van der Waals surface area contributed by atoms with Crippen LogP contribution in [0, 0.1) is 0 Å². The summed E-state index contributed by atoms with van der Waals surface area (Å²) in [7, 11) is 0. The molecular weight excluding hydrogens is 192 g/mol. The molecule has 1 fully saturated rings. The summed E-state index contributed by atoms with van der Waals surface area (Å²) in [5.74, 6) is -0.121. The second-order valence-electron chi connectivity index (χ2n) is 4.13. The predicted octanol–water partition coefficient (Wildman–Crippen LogP) is 0.821. The van der Waals surface area contributed by atoms with Crippen molar-refractivity contribution in [2.24, 2.45) is 5.73 Å². The molecule has 4 nitrogen and oxygen atoms in total. The van der Waals surface area contributed by atoms with Crippen LogP contribution in [-0.4, -0.2) is 29.8 Å². The first-order valence-electron chi connectivity index (χ1n) is 5.26. The van der Waals surface area contributed by atoms with E-state index in [1.54, 1.807) is 0 Å². The van der Waals surface area contributed by atoms with Crippen LogP contribution >= 0.6 is 0 Å². The van der Waals surface area contributed by atoms with E-state index in [1.165, 1.54) is 0 Å². The van der Waals surface area contributed by atoms with Gasteiger partial charge < -0.3 is 10.6 Å². The van der Waals surface area contributed by atoms with Gasteiger partial charge in [0.1, 0.15) is 0 Å². The molecular formula is C11H18N2O2. The summed E-state index contributed by atoms with van der Waals surface area (Å²) in [4.78, 5) is 23.8. The molecule has 1 saturated heterocycles. The van der Waals surface area contributed by atoms with E-state index in [9.17, 15) is 9.59 Å². The van der Waals surface area contributed by atoms with Crippen molar-refractivity contribution in [3.8, 4) is 0 Å². The Balaban J connectivity index is 2.19. The van der Waals surface area contributed by atoms with Gasteiger partial charge in [-0.2, -0.15) is 0 Å². The van der Waals surface area contributed by atoms with Crippen LogP contribution in [0.25, 0.3) is 0 Å². The number of rotatable bonds is 5. The van der Waals surface area contributed by atoms with Gasteiger partial charge in [0, 0.05) is 18.5 Å². The van der Waals surface area contributed by atoms with Crippen molar-refractivity contribution in [1.82, 2.24) is 4.90 Å². The van der Waals surface area contributed by atoms with Gasteiger partial charge in [0.05, 0.1) is 6.54 Å². The van der Waals surface area contributed by atoms with Crippen LogP contribution < -0.4 is 5.73 Å². The first-order valence-corrected chi connectivity index (χ1v) is 5.26. The summed E-state index contributed by atoms with van der Waals surface area (Å²) < 4.78 is 0. The monoisotopic (exact) mass is 210 g/mol. The maximum atomic E-state index is 11.5. The lowest BCUT2D eigenvalue weighted by atomic mass is 10.0. The maximum absolute atomic E-state index is 11.5. The molecule has 0 atom stereocenters. The first kappa shape index (κ1) is 11.8. The van der Waals surface area contributed by atoms with Crippen LogP contribution in [0.15, 0.2) is 11.1 Å². The lowest BCUT2D eigenvalue weighted by Gasteiger charge is -2.34. The highest BCUT2D eigenvalue weighted by atomic mass is 16.2. The molecule has 0 bridgehead atoms. The van der Waals surface area contributed by atoms with Gasteiger partial charge >= 0.3 is 0 Å². The SMILES string of the molecule is CC(C)=C1CN(CCCCC(N)=O)C1=O. The van der Waals surface area contributed by atoms with Crippen LogP contribution in [-0.2, 0) is 9.59 Å². The fourth-order valence-electron chi connectivity index (χ4n) is 1.58. The lowest BCUT2D eigenvalue weighted by molar-refractivity contribution is -0.132. The summed E-state index contributed by atoms with van der Waals surface area (Å²) in [6.45, 7) is 5.41. The third-order valence-corrected chi connectivity index (χ3v) is 2.60. The number of allylic oxidation sites excluding steroid dienone is 1. The minimum Gasteiger partial charge on any atom is -0.370 e. The highest BCUT2D eigenvalue weighted by Gasteiger charge is 2.30. The third-order valence-electron chi connectivity index (χ3n) is 2.60. The molecule has 1 rings (SSSR count). The number of carbonyl (C=O) groups excluding carboxylic acids is 2. The molecule has 2 N–H and O–H groups in total. The molecule has 0 aliphatic carbocycles. The molecule has 2 amide bonds. The molecule has 0 spiro atoms. The van der Waals surface area contributed by atoms with Gasteiger partial charge in [-0.3, -0.25) is 9.59 Å². The van der Waals surface area contributed by atoms with Gasteiger partial charge in [-0.05, 0) is 26.7 Å². The minimum atomic E-state index is -0.269. The fraction of sp³-hybridized carbons (Fsp3) is 0.636. The van der Waals surface area contributed by atoms with Gasteiger partial charge in [-0.1, -0.05) is 5.57 Å². The number of nitrogens with zero attached hydrogens (tertiary/aromatic N) is 1. The number of amides is 2. The normalized spacial score (nSPS) is 15.2. The quantitative estimate of drug-likeness (QED) is 0.415. The topological polar surface area (TPSA) is 63.4 Å². The summed E-state index contributed by atoms with van der Waals surface area (Å²) in [6, 6.07) is 0. The van der Waals surface area contributed by atoms with Gasteiger partial charge in [0.15, 0.2) is 0 Å². The van der Waals surface area contributed by atoms with Gasteiger partial charge in [-0.15, -0.1) is 0 Å². The number of β-lactam (4-membered cyclic amide) rings is 1.